The van der Waals surface area contributed by atoms with Gasteiger partial charge in [0.25, 0.3) is 5.91 Å². The molecule has 22 heavy (non-hydrogen) atoms. The summed E-state index contributed by atoms with van der Waals surface area (Å²) in [7, 11) is 0. The average Bonchev–Trinajstić information content (AvgIpc) is 2.52. The van der Waals surface area contributed by atoms with Crippen molar-refractivity contribution in [3.63, 3.8) is 0 Å². The van der Waals surface area contributed by atoms with Crippen LogP contribution in [0.3, 0.4) is 0 Å². The standard InChI is InChI=1S/C15H13N3O3S/c16-15(22)18-17-13(19)11-7-3-1-5-9(11)10-6-2-4-8-12(10)14(20)21/h1-8H,(H,17,19)(H,20,21)(H3,16,18,22). The second-order valence-electron chi connectivity index (χ2n) is 4.34. The fourth-order valence-corrected chi connectivity index (χ4v) is 2.06. The van der Waals surface area contributed by atoms with Crippen molar-refractivity contribution in [1.29, 1.82) is 0 Å². The number of benzene rings is 2. The molecule has 1 amide bonds. The lowest BCUT2D eigenvalue weighted by Gasteiger charge is -2.12. The first-order valence-corrected chi connectivity index (χ1v) is 6.69. The second-order valence-corrected chi connectivity index (χ2v) is 4.78. The quantitative estimate of drug-likeness (QED) is 0.506. The van der Waals surface area contributed by atoms with Gasteiger partial charge < -0.3 is 10.8 Å². The molecule has 0 unspecified atom stereocenters. The third-order valence-electron chi connectivity index (χ3n) is 2.92. The molecule has 0 bridgehead atoms. The summed E-state index contributed by atoms with van der Waals surface area (Å²) in [4.78, 5) is 23.5. The molecule has 0 saturated carbocycles. The lowest BCUT2D eigenvalue weighted by molar-refractivity contribution is 0.0697. The molecule has 0 aromatic heterocycles. The molecule has 0 atom stereocenters. The Bertz CT molecular complexity index is 746. The topological polar surface area (TPSA) is 104 Å². The molecule has 0 fully saturated rings. The summed E-state index contributed by atoms with van der Waals surface area (Å²) in [6.45, 7) is 0. The molecule has 0 saturated heterocycles. The van der Waals surface area contributed by atoms with Crippen molar-refractivity contribution in [3.05, 3.63) is 59.7 Å². The zero-order valence-corrected chi connectivity index (χ0v) is 12.2. The summed E-state index contributed by atoms with van der Waals surface area (Å²) >= 11 is 4.62. The van der Waals surface area contributed by atoms with Crippen LogP contribution in [0.4, 0.5) is 0 Å². The summed E-state index contributed by atoms with van der Waals surface area (Å²) in [5.74, 6) is -1.53. The Balaban J connectivity index is 2.47. The zero-order chi connectivity index (χ0) is 16.1. The number of nitrogens with two attached hydrogens (primary N) is 1. The van der Waals surface area contributed by atoms with Crippen LogP contribution in [0.25, 0.3) is 11.1 Å². The number of carboxylic acids is 1. The molecule has 6 nitrogen and oxygen atoms in total. The Morgan fingerprint density at radius 3 is 1.95 bits per heavy atom. The highest BCUT2D eigenvalue weighted by Crippen LogP contribution is 2.27. The van der Waals surface area contributed by atoms with Crippen molar-refractivity contribution in [2.24, 2.45) is 5.73 Å². The molecule has 2 rings (SSSR count). The van der Waals surface area contributed by atoms with Gasteiger partial charge in [0.15, 0.2) is 5.11 Å². The monoisotopic (exact) mass is 315 g/mol. The predicted octanol–water partition coefficient (Wildman–Crippen LogP) is 1.53. The van der Waals surface area contributed by atoms with Gasteiger partial charge in [-0.1, -0.05) is 36.4 Å². The summed E-state index contributed by atoms with van der Waals surface area (Å²) in [5, 5.41) is 9.21. The van der Waals surface area contributed by atoms with Crippen LogP contribution in [0.15, 0.2) is 48.5 Å². The number of hydrazine groups is 1. The van der Waals surface area contributed by atoms with E-state index in [-0.39, 0.29) is 10.7 Å². The van der Waals surface area contributed by atoms with Gasteiger partial charge in [-0.3, -0.25) is 15.6 Å². The van der Waals surface area contributed by atoms with Crippen molar-refractivity contribution in [2.75, 3.05) is 0 Å². The van der Waals surface area contributed by atoms with Crippen molar-refractivity contribution in [1.82, 2.24) is 10.9 Å². The van der Waals surface area contributed by atoms with E-state index in [1.54, 1.807) is 42.5 Å². The van der Waals surface area contributed by atoms with Crippen molar-refractivity contribution in [2.45, 2.75) is 0 Å². The number of carboxylic acid groups (broad SMARTS) is 1. The molecule has 2 aromatic carbocycles. The maximum Gasteiger partial charge on any atom is 0.336 e. The van der Waals surface area contributed by atoms with Gasteiger partial charge in [0.1, 0.15) is 0 Å². The van der Waals surface area contributed by atoms with Crippen LogP contribution in [-0.4, -0.2) is 22.1 Å². The maximum absolute atomic E-state index is 12.2. The highest BCUT2D eigenvalue weighted by Gasteiger charge is 2.17. The van der Waals surface area contributed by atoms with Crippen molar-refractivity contribution >= 4 is 29.2 Å². The van der Waals surface area contributed by atoms with E-state index in [4.69, 9.17) is 5.73 Å². The lowest BCUT2D eigenvalue weighted by atomic mass is 9.95. The van der Waals surface area contributed by atoms with Gasteiger partial charge in [-0.25, -0.2) is 4.79 Å². The van der Waals surface area contributed by atoms with Gasteiger partial charge in [-0.15, -0.1) is 0 Å². The van der Waals surface area contributed by atoms with Gasteiger partial charge in [-0.2, -0.15) is 0 Å². The van der Waals surface area contributed by atoms with Crippen LogP contribution in [0.2, 0.25) is 0 Å². The molecule has 112 valence electrons. The fourth-order valence-electron chi connectivity index (χ4n) is 2.01. The van der Waals surface area contributed by atoms with E-state index in [0.717, 1.165) is 0 Å². The number of hydrogen-bond acceptors (Lipinski definition) is 3. The molecular formula is C15H13N3O3S. The average molecular weight is 315 g/mol. The van der Waals surface area contributed by atoms with Crippen LogP contribution in [-0.2, 0) is 0 Å². The smallest absolute Gasteiger partial charge is 0.336 e. The SMILES string of the molecule is NC(=S)NNC(=O)c1ccccc1-c1ccccc1C(=O)O. The molecule has 0 radical (unpaired) electrons. The Kier molecular flexibility index (Phi) is 4.70. The highest BCUT2D eigenvalue weighted by molar-refractivity contribution is 7.80. The van der Waals surface area contributed by atoms with E-state index in [0.29, 0.717) is 16.7 Å². The first-order valence-electron chi connectivity index (χ1n) is 6.28. The number of amides is 1. The Morgan fingerprint density at radius 1 is 0.909 bits per heavy atom. The minimum absolute atomic E-state index is 0.0724. The predicted molar refractivity (Wildman–Crippen MR) is 86.2 cm³/mol. The summed E-state index contributed by atoms with van der Waals surface area (Å²) in [6, 6.07) is 13.2. The summed E-state index contributed by atoms with van der Waals surface area (Å²) in [5.41, 5.74) is 11.3. The molecule has 5 N–H and O–H groups in total. The summed E-state index contributed by atoms with van der Waals surface area (Å²) < 4.78 is 0. The number of nitrogens with one attached hydrogen (secondary N) is 2. The van der Waals surface area contributed by atoms with Gasteiger partial charge in [0.2, 0.25) is 0 Å². The minimum Gasteiger partial charge on any atom is -0.478 e. The third-order valence-corrected chi connectivity index (χ3v) is 3.02. The fraction of sp³-hybridized carbons (Fsp3) is 0. The molecule has 0 aliphatic heterocycles. The number of carbonyl (C=O) groups is 2. The van der Waals surface area contributed by atoms with Crippen LogP contribution in [0.5, 0.6) is 0 Å². The van der Waals surface area contributed by atoms with E-state index in [1.807, 2.05) is 0 Å². The number of hydrogen-bond donors (Lipinski definition) is 4. The zero-order valence-electron chi connectivity index (χ0n) is 11.4. The number of thiocarbonyl (C=S) groups is 1. The van der Waals surface area contributed by atoms with Crippen LogP contribution in [0, 0.1) is 0 Å². The number of aromatic carboxylic acids is 1. The molecule has 0 aliphatic carbocycles. The van der Waals surface area contributed by atoms with E-state index in [1.165, 1.54) is 6.07 Å². The van der Waals surface area contributed by atoms with Crippen LogP contribution < -0.4 is 16.6 Å². The number of carbonyl (C=O) groups excluding carboxylic acids is 1. The normalized spacial score (nSPS) is 9.82. The molecular weight excluding hydrogens is 302 g/mol. The van der Waals surface area contributed by atoms with E-state index in [9.17, 15) is 14.7 Å². The van der Waals surface area contributed by atoms with Gasteiger partial charge in [0, 0.05) is 5.56 Å². The molecule has 2 aromatic rings. The van der Waals surface area contributed by atoms with E-state index < -0.39 is 11.9 Å². The van der Waals surface area contributed by atoms with Crippen molar-refractivity contribution < 1.29 is 14.7 Å². The second kappa shape index (κ2) is 6.68. The number of rotatable bonds is 3. The van der Waals surface area contributed by atoms with Crippen molar-refractivity contribution in [3.8, 4) is 11.1 Å². The Morgan fingerprint density at radius 2 is 1.41 bits per heavy atom. The highest BCUT2D eigenvalue weighted by atomic mass is 32.1. The Hall–Kier alpha value is -2.93. The first-order chi connectivity index (χ1) is 10.5. The Labute approximate surface area is 131 Å². The molecule has 0 heterocycles. The first kappa shape index (κ1) is 15.5. The third kappa shape index (κ3) is 3.39. The van der Waals surface area contributed by atoms with E-state index >= 15 is 0 Å². The van der Waals surface area contributed by atoms with Gasteiger partial charge in [-0.05, 0) is 35.5 Å². The molecule has 0 aliphatic rings. The maximum atomic E-state index is 12.2. The molecule has 0 spiro atoms. The largest absolute Gasteiger partial charge is 0.478 e. The molecule has 7 heteroatoms. The van der Waals surface area contributed by atoms with Gasteiger partial charge in [0.05, 0.1) is 5.56 Å². The minimum atomic E-state index is -1.06. The van der Waals surface area contributed by atoms with Crippen LogP contribution in [0.1, 0.15) is 20.7 Å². The van der Waals surface area contributed by atoms with Crippen LogP contribution >= 0.6 is 12.2 Å². The summed E-state index contributed by atoms with van der Waals surface area (Å²) in [6.07, 6.45) is 0. The lowest BCUT2D eigenvalue weighted by Crippen LogP contribution is -2.44. The van der Waals surface area contributed by atoms with E-state index in [2.05, 4.69) is 23.1 Å². The van der Waals surface area contributed by atoms with Gasteiger partial charge >= 0.3 is 5.97 Å².